The Morgan fingerprint density at radius 3 is 2.62 bits per heavy atom. The van der Waals surface area contributed by atoms with Crippen molar-refractivity contribution in [2.45, 2.75) is 12.3 Å². The Kier molecular flexibility index (Phi) is 6.67. The quantitative estimate of drug-likeness (QED) is 0.615. The van der Waals surface area contributed by atoms with Crippen molar-refractivity contribution in [1.82, 2.24) is 15.2 Å². The van der Waals surface area contributed by atoms with Crippen LogP contribution in [-0.2, 0) is 4.79 Å². The molecule has 2 N–H and O–H groups in total. The Labute approximate surface area is 171 Å². The molecular weight excluding hydrogens is 366 g/mol. The number of ether oxygens (including phenoxy) is 1. The zero-order valence-electron chi connectivity index (χ0n) is 17.1. The summed E-state index contributed by atoms with van der Waals surface area (Å²) < 4.78 is 5.25. The molecule has 0 bridgehead atoms. The zero-order chi connectivity index (χ0) is 20.8. The van der Waals surface area contributed by atoms with Crippen molar-refractivity contribution in [3.05, 3.63) is 65.9 Å². The summed E-state index contributed by atoms with van der Waals surface area (Å²) in [6.45, 7) is 1.34. The highest BCUT2D eigenvalue weighted by molar-refractivity contribution is 5.86. The summed E-state index contributed by atoms with van der Waals surface area (Å²) in [7, 11) is 5.55. The minimum Gasteiger partial charge on any atom is -0.505 e. The predicted octanol–water partition coefficient (Wildman–Crippen LogP) is 3.15. The standard InChI is InChI=1S/C23H27N3O3/c1-26(2)14-13-24-21(27)15-20(16-6-9-18(29-3)10-7-16)19-11-8-17-5-4-12-25-22(17)23(19)28/h4-12,20,28H,13-15H2,1-3H3,(H,24,27). The van der Waals surface area contributed by atoms with Crippen molar-refractivity contribution in [3.63, 3.8) is 0 Å². The molecule has 0 radical (unpaired) electrons. The topological polar surface area (TPSA) is 74.7 Å². The van der Waals surface area contributed by atoms with Crippen molar-refractivity contribution < 1.29 is 14.6 Å². The molecule has 6 heteroatoms. The van der Waals surface area contributed by atoms with Gasteiger partial charge in [-0.2, -0.15) is 0 Å². The molecule has 3 aromatic rings. The van der Waals surface area contributed by atoms with Gasteiger partial charge in [0.25, 0.3) is 0 Å². The second-order valence-corrected chi connectivity index (χ2v) is 7.26. The number of phenolic OH excluding ortho intramolecular Hbond substituents is 1. The van der Waals surface area contributed by atoms with Crippen LogP contribution in [0.25, 0.3) is 10.9 Å². The van der Waals surface area contributed by atoms with E-state index in [-0.39, 0.29) is 24.0 Å². The summed E-state index contributed by atoms with van der Waals surface area (Å²) in [4.78, 5) is 19.0. The van der Waals surface area contributed by atoms with Crippen LogP contribution in [0.5, 0.6) is 11.5 Å². The minimum absolute atomic E-state index is 0.0619. The Balaban J connectivity index is 1.94. The van der Waals surface area contributed by atoms with Gasteiger partial charge in [0.2, 0.25) is 5.91 Å². The summed E-state index contributed by atoms with van der Waals surface area (Å²) in [5, 5.41) is 14.7. The summed E-state index contributed by atoms with van der Waals surface area (Å²) in [6.07, 6.45) is 1.88. The summed E-state index contributed by atoms with van der Waals surface area (Å²) in [5.74, 6) is 0.497. The largest absolute Gasteiger partial charge is 0.505 e. The first kappa shape index (κ1) is 20.6. The molecule has 1 amide bonds. The molecule has 6 nitrogen and oxygen atoms in total. The molecule has 0 aliphatic rings. The molecule has 1 heterocycles. The lowest BCUT2D eigenvalue weighted by molar-refractivity contribution is -0.121. The third kappa shape index (κ3) is 5.03. The Bertz CT molecular complexity index is 971. The molecular formula is C23H27N3O3. The average Bonchev–Trinajstić information content (AvgIpc) is 2.73. The fourth-order valence-electron chi connectivity index (χ4n) is 3.35. The van der Waals surface area contributed by atoms with Crippen molar-refractivity contribution in [2.75, 3.05) is 34.3 Å². The normalized spacial score (nSPS) is 12.1. The van der Waals surface area contributed by atoms with Gasteiger partial charge in [-0.25, -0.2) is 0 Å². The van der Waals surface area contributed by atoms with Gasteiger partial charge in [0.15, 0.2) is 0 Å². The number of hydrogen-bond acceptors (Lipinski definition) is 5. The number of hydrogen-bond donors (Lipinski definition) is 2. The maximum absolute atomic E-state index is 12.6. The molecule has 1 atom stereocenters. The van der Waals surface area contributed by atoms with Crippen molar-refractivity contribution in [3.8, 4) is 11.5 Å². The lowest BCUT2D eigenvalue weighted by Crippen LogP contribution is -2.32. The molecule has 0 aliphatic carbocycles. The van der Waals surface area contributed by atoms with E-state index in [4.69, 9.17) is 4.74 Å². The number of methoxy groups -OCH3 is 1. The van der Waals surface area contributed by atoms with Crippen molar-refractivity contribution in [1.29, 1.82) is 0 Å². The van der Waals surface area contributed by atoms with Crippen LogP contribution in [0.1, 0.15) is 23.5 Å². The third-order valence-corrected chi connectivity index (χ3v) is 4.94. The number of fused-ring (bicyclic) bond motifs is 1. The first-order valence-electron chi connectivity index (χ1n) is 9.61. The molecule has 0 fully saturated rings. The van der Waals surface area contributed by atoms with E-state index in [1.807, 2.05) is 67.5 Å². The van der Waals surface area contributed by atoms with Crippen LogP contribution in [0.4, 0.5) is 0 Å². The molecule has 0 saturated heterocycles. The van der Waals surface area contributed by atoms with E-state index < -0.39 is 0 Å². The lowest BCUT2D eigenvalue weighted by Gasteiger charge is -2.20. The van der Waals surface area contributed by atoms with Crippen molar-refractivity contribution >= 4 is 16.8 Å². The Hall–Kier alpha value is -3.12. The summed E-state index contributed by atoms with van der Waals surface area (Å²) >= 11 is 0. The number of likely N-dealkylation sites (N-methyl/N-ethyl adjacent to an activating group) is 1. The Morgan fingerprint density at radius 1 is 1.17 bits per heavy atom. The number of aromatic hydroxyl groups is 1. The lowest BCUT2D eigenvalue weighted by atomic mass is 9.87. The van der Waals surface area contributed by atoms with Gasteiger partial charge in [0, 0.05) is 42.6 Å². The number of pyridine rings is 1. The number of nitrogens with one attached hydrogen (secondary N) is 1. The first-order valence-corrected chi connectivity index (χ1v) is 9.61. The maximum atomic E-state index is 12.6. The molecule has 1 unspecified atom stereocenters. The van der Waals surface area contributed by atoms with Gasteiger partial charge < -0.3 is 20.1 Å². The molecule has 152 valence electrons. The molecule has 0 aliphatic heterocycles. The molecule has 0 saturated carbocycles. The number of aromatic nitrogens is 1. The SMILES string of the molecule is COc1ccc(C(CC(=O)NCCN(C)C)c2ccc3cccnc3c2O)cc1. The number of benzene rings is 2. The number of amides is 1. The first-order chi connectivity index (χ1) is 14.0. The third-order valence-electron chi connectivity index (χ3n) is 4.94. The molecule has 1 aromatic heterocycles. The van der Waals surface area contributed by atoms with E-state index in [0.29, 0.717) is 17.6 Å². The maximum Gasteiger partial charge on any atom is 0.220 e. The number of nitrogens with zero attached hydrogens (tertiary/aromatic N) is 2. The highest BCUT2D eigenvalue weighted by Crippen LogP contribution is 2.38. The fraction of sp³-hybridized carbons (Fsp3) is 0.304. The number of rotatable bonds is 8. The summed E-state index contributed by atoms with van der Waals surface area (Å²) in [5.41, 5.74) is 2.15. The van der Waals surface area contributed by atoms with E-state index in [0.717, 1.165) is 23.2 Å². The van der Waals surface area contributed by atoms with Gasteiger partial charge >= 0.3 is 0 Å². The number of carbonyl (C=O) groups is 1. The smallest absolute Gasteiger partial charge is 0.220 e. The molecule has 29 heavy (non-hydrogen) atoms. The molecule has 3 rings (SSSR count). The fourth-order valence-corrected chi connectivity index (χ4v) is 3.35. The predicted molar refractivity (Wildman–Crippen MR) is 114 cm³/mol. The van der Waals surface area contributed by atoms with Crippen LogP contribution in [0.3, 0.4) is 0 Å². The van der Waals surface area contributed by atoms with Gasteiger partial charge in [-0.05, 0) is 37.9 Å². The highest BCUT2D eigenvalue weighted by Gasteiger charge is 2.23. The van der Waals surface area contributed by atoms with E-state index in [2.05, 4.69) is 10.3 Å². The van der Waals surface area contributed by atoms with Gasteiger partial charge in [0.1, 0.15) is 17.0 Å². The minimum atomic E-state index is -0.299. The van der Waals surface area contributed by atoms with E-state index in [1.165, 1.54) is 0 Å². The van der Waals surface area contributed by atoms with Gasteiger partial charge in [-0.15, -0.1) is 0 Å². The van der Waals surface area contributed by atoms with Crippen LogP contribution in [0.2, 0.25) is 0 Å². The zero-order valence-corrected chi connectivity index (χ0v) is 17.1. The van der Waals surface area contributed by atoms with Crippen molar-refractivity contribution in [2.24, 2.45) is 0 Å². The van der Waals surface area contributed by atoms with Crippen LogP contribution in [0.15, 0.2) is 54.7 Å². The van der Waals surface area contributed by atoms with E-state index >= 15 is 0 Å². The van der Waals surface area contributed by atoms with Crippen LogP contribution in [-0.4, -0.2) is 55.2 Å². The van der Waals surface area contributed by atoms with Crippen LogP contribution < -0.4 is 10.1 Å². The average molecular weight is 393 g/mol. The van der Waals surface area contributed by atoms with Gasteiger partial charge in [-0.1, -0.05) is 30.3 Å². The second-order valence-electron chi connectivity index (χ2n) is 7.26. The van der Waals surface area contributed by atoms with Gasteiger partial charge in [-0.3, -0.25) is 9.78 Å². The highest BCUT2D eigenvalue weighted by atomic mass is 16.5. The van der Waals surface area contributed by atoms with Crippen LogP contribution >= 0.6 is 0 Å². The number of carbonyl (C=O) groups excluding carboxylic acids is 1. The second kappa shape index (κ2) is 9.39. The van der Waals surface area contributed by atoms with Gasteiger partial charge in [0.05, 0.1) is 7.11 Å². The van der Waals surface area contributed by atoms with E-state index in [9.17, 15) is 9.90 Å². The van der Waals surface area contributed by atoms with Crippen LogP contribution in [0, 0.1) is 0 Å². The van der Waals surface area contributed by atoms with E-state index in [1.54, 1.807) is 13.3 Å². The Morgan fingerprint density at radius 2 is 1.93 bits per heavy atom. The molecule has 0 spiro atoms. The monoisotopic (exact) mass is 393 g/mol. The number of phenols is 1. The molecule has 2 aromatic carbocycles. The summed E-state index contributed by atoms with van der Waals surface area (Å²) in [6, 6.07) is 15.1.